The first kappa shape index (κ1) is 19.0. The van der Waals surface area contributed by atoms with E-state index in [2.05, 4.69) is 25.8 Å². The van der Waals surface area contributed by atoms with Gasteiger partial charge in [-0.15, -0.1) is 0 Å². The van der Waals surface area contributed by atoms with Crippen molar-refractivity contribution in [2.24, 2.45) is 0 Å². The maximum absolute atomic E-state index is 13.2. The van der Waals surface area contributed by atoms with Gasteiger partial charge in [0.25, 0.3) is 5.56 Å². The molecule has 1 atom stereocenters. The maximum atomic E-state index is 13.2. The molecule has 0 aliphatic carbocycles. The van der Waals surface area contributed by atoms with Gasteiger partial charge >= 0.3 is 0 Å². The van der Waals surface area contributed by atoms with E-state index in [9.17, 15) is 14.3 Å². The molecule has 2 aromatic carbocycles. The van der Waals surface area contributed by atoms with Crippen LogP contribution in [0.4, 0.5) is 4.39 Å². The fourth-order valence-electron chi connectivity index (χ4n) is 2.78. The SMILES string of the molecule is CC(C)(C)c1ccc(OCC(O)Cn2cnc3cc(F)ccc3c2=O)cc1. The highest BCUT2D eigenvalue weighted by Crippen LogP contribution is 2.24. The molecule has 0 bridgehead atoms. The van der Waals surface area contributed by atoms with Gasteiger partial charge in [-0.2, -0.15) is 0 Å². The van der Waals surface area contributed by atoms with Crippen molar-refractivity contribution in [3.63, 3.8) is 0 Å². The lowest BCUT2D eigenvalue weighted by Gasteiger charge is -2.19. The first-order valence-electron chi connectivity index (χ1n) is 8.80. The number of aromatic nitrogens is 2. The van der Waals surface area contributed by atoms with Crippen molar-refractivity contribution in [1.82, 2.24) is 9.55 Å². The predicted molar refractivity (Wildman–Crippen MR) is 103 cm³/mol. The summed E-state index contributed by atoms with van der Waals surface area (Å²) in [4.78, 5) is 16.5. The quantitative estimate of drug-likeness (QED) is 0.749. The van der Waals surface area contributed by atoms with Gasteiger partial charge in [-0.05, 0) is 35.2 Å². The molecule has 27 heavy (non-hydrogen) atoms. The predicted octanol–water partition coefficient (Wildman–Crippen LogP) is 3.27. The van der Waals surface area contributed by atoms with E-state index < -0.39 is 11.9 Å². The summed E-state index contributed by atoms with van der Waals surface area (Å²) < 4.78 is 20.1. The molecule has 5 nitrogen and oxygen atoms in total. The van der Waals surface area contributed by atoms with E-state index in [1.165, 1.54) is 34.7 Å². The van der Waals surface area contributed by atoms with Crippen LogP contribution in [0.3, 0.4) is 0 Å². The molecule has 0 saturated heterocycles. The highest BCUT2D eigenvalue weighted by molar-refractivity contribution is 5.77. The molecule has 1 N–H and O–H groups in total. The molecule has 3 aromatic rings. The molecule has 0 amide bonds. The third-order valence-electron chi connectivity index (χ3n) is 4.36. The van der Waals surface area contributed by atoms with E-state index in [1.54, 1.807) is 0 Å². The topological polar surface area (TPSA) is 64.3 Å². The largest absolute Gasteiger partial charge is 0.491 e. The lowest BCUT2D eigenvalue weighted by atomic mass is 9.87. The minimum atomic E-state index is -0.885. The molecule has 142 valence electrons. The Balaban J connectivity index is 1.65. The van der Waals surface area contributed by atoms with E-state index in [-0.39, 0.29) is 24.1 Å². The van der Waals surface area contributed by atoms with Gasteiger partial charge < -0.3 is 9.84 Å². The fraction of sp³-hybridized carbons (Fsp3) is 0.333. The Bertz CT molecular complexity index is 991. The van der Waals surface area contributed by atoms with Crippen LogP contribution < -0.4 is 10.3 Å². The van der Waals surface area contributed by atoms with E-state index in [1.807, 2.05) is 24.3 Å². The van der Waals surface area contributed by atoms with Crippen LogP contribution in [-0.4, -0.2) is 27.4 Å². The van der Waals surface area contributed by atoms with Crippen LogP contribution in [0.25, 0.3) is 10.9 Å². The van der Waals surface area contributed by atoms with Crippen LogP contribution >= 0.6 is 0 Å². The van der Waals surface area contributed by atoms with Gasteiger partial charge in [0.2, 0.25) is 0 Å². The smallest absolute Gasteiger partial charge is 0.261 e. The number of hydrogen-bond acceptors (Lipinski definition) is 4. The van der Waals surface area contributed by atoms with Gasteiger partial charge in [-0.1, -0.05) is 32.9 Å². The van der Waals surface area contributed by atoms with E-state index >= 15 is 0 Å². The minimum Gasteiger partial charge on any atom is -0.491 e. The number of rotatable bonds is 5. The Hall–Kier alpha value is -2.73. The zero-order valence-corrected chi connectivity index (χ0v) is 15.6. The van der Waals surface area contributed by atoms with Gasteiger partial charge in [-0.3, -0.25) is 9.36 Å². The van der Waals surface area contributed by atoms with E-state index in [0.717, 1.165) is 0 Å². The second kappa shape index (κ2) is 7.48. The molecule has 0 aliphatic heterocycles. The average Bonchev–Trinajstić information content (AvgIpc) is 2.62. The highest BCUT2D eigenvalue weighted by Gasteiger charge is 2.14. The molecule has 0 spiro atoms. The van der Waals surface area contributed by atoms with Crippen molar-refractivity contribution in [2.75, 3.05) is 6.61 Å². The molecule has 3 rings (SSSR count). The summed E-state index contributed by atoms with van der Waals surface area (Å²) in [5, 5.41) is 10.5. The van der Waals surface area contributed by atoms with Crippen LogP contribution in [0, 0.1) is 5.82 Å². The monoisotopic (exact) mass is 370 g/mol. The van der Waals surface area contributed by atoms with Crippen molar-refractivity contribution < 1.29 is 14.2 Å². The normalized spacial score (nSPS) is 12.9. The Labute approximate surface area is 157 Å². The molecule has 0 aliphatic rings. The molecular formula is C21H23FN2O3. The number of fused-ring (bicyclic) bond motifs is 1. The summed E-state index contributed by atoms with van der Waals surface area (Å²) >= 11 is 0. The Kier molecular flexibility index (Phi) is 5.28. The number of halogens is 1. The highest BCUT2D eigenvalue weighted by atomic mass is 19.1. The molecule has 0 radical (unpaired) electrons. The Morgan fingerprint density at radius 1 is 1.19 bits per heavy atom. The third kappa shape index (κ3) is 4.52. The number of benzene rings is 2. The summed E-state index contributed by atoms with van der Waals surface area (Å²) in [6, 6.07) is 11.6. The lowest BCUT2D eigenvalue weighted by molar-refractivity contribution is 0.0914. The Morgan fingerprint density at radius 2 is 1.89 bits per heavy atom. The van der Waals surface area contributed by atoms with Crippen LogP contribution in [0.5, 0.6) is 5.75 Å². The average molecular weight is 370 g/mol. The summed E-state index contributed by atoms with van der Waals surface area (Å²) in [6.07, 6.45) is 0.426. The fourth-order valence-corrected chi connectivity index (χ4v) is 2.78. The van der Waals surface area contributed by atoms with Crippen LogP contribution in [0.1, 0.15) is 26.3 Å². The van der Waals surface area contributed by atoms with Crippen molar-refractivity contribution in [3.05, 3.63) is 70.5 Å². The minimum absolute atomic E-state index is 0.0409. The molecular weight excluding hydrogens is 347 g/mol. The summed E-state index contributed by atoms with van der Waals surface area (Å²) in [5.74, 6) is 0.208. The number of hydrogen-bond donors (Lipinski definition) is 1. The summed E-state index contributed by atoms with van der Waals surface area (Å²) in [6.45, 7) is 6.49. The summed E-state index contributed by atoms with van der Waals surface area (Å²) in [7, 11) is 0. The van der Waals surface area contributed by atoms with Crippen LogP contribution in [-0.2, 0) is 12.0 Å². The molecule has 0 fully saturated rings. The lowest BCUT2D eigenvalue weighted by Crippen LogP contribution is -2.30. The van der Waals surface area contributed by atoms with Crippen LogP contribution in [0.15, 0.2) is 53.6 Å². The van der Waals surface area contributed by atoms with Crippen molar-refractivity contribution >= 4 is 10.9 Å². The standard InChI is InChI=1S/C21H23FN2O3/c1-21(2,3)14-4-7-17(8-5-14)27-12-16(25)11-24-13-23-19-10-15(22)6-9-18(19)20(24)26/h4-10,13,16,25H,11-12H2,1-3H3. The molecule has 1 heterocycles. The zero-order valence-electron chi connectivity index (χ0n) is 15.6. The van der Waals surface area contributed by atoms with Crippen molar-refractivity contribution in [2.45, 2.75) is 38.8 Å². The number of nitrogens with zero attached hydrogens (tertiary/aromatic N) is 2. The molecule has 0 saturated carbocycles. The zero-order chi connectivity index (χ0) is 19.6. The van der Waals surface area contributed by atoms with Crippen molar-refractivity contribution in [1.29, 1.82) is 0 Å². The number of ether oxygens (including phenoxy) is 1. The Morgan fingerprint density at radius 3 is 2.56 bits per heavy atom. The van der Waals surface area contributed by atoms with Gasteiger partial charge in [0.15, 0.2) is 0 Å². The van der Waals surface area contributed by atoms with Gasteiger partial charge in [-0.25, -0.2) is 9.37 Å². The molecule has 6 heteroatoms. The summed E-state index contributed by atoms with van der Waals surface area (Å²) in [5.41, 5.74) is 1.22. The van der Waals surface area contributed by atoms with Gasteiger partial charge in [0.1, 0.15) is 24.3 Å². The second-order valence-corrected chi connectivity index (χ2v) is 7.60. The molecule has 1 aromatic heterocycles. The second-order valence-electron chi connectivity index (χ2n) is 7.60. The van der Waals surface area contributed by atoms with Crippen LogP contribution in [0.2, 0.25) is 0 Å². The molecule has 1 unspecified atom stereocenters. The van der Waals surface area contributed by atoms with Gasteiger partial charge in [0, 0.05) is 6.07 Å². The number of aliphatic hydroxyl groups excluding tert-OH is 1. The number of aliphatic hydroxyl groups is 1. The first-order valence-corrected chi connectivity index (χ1v) is 8.80. The third-order valence-corrected chi connectivity index (χ3v) is 4.36. The maximum Gasteiger partial charge on any atom is 0.261 e. The van der Waals surface area contributed by atoms with Crippen molar-refractivity contribution in [3.8, 4) is 5.75 Å². The first-order chi connectivity index (χ1) is 12.7. The van der Waals surface area contributed by atoms with E-state index in [4.69, 9.17) is 4.74 Å². The van der Waals surface area contributed by atoms with E-state index in [0.29, 0.717) is 16.7 Å². The van der Waals surface area contributed by atoms with Gasteiger partial charge in [0.05, 0.1) is 23.8 Å².